The number of H-pyrrole nitrogens is 1. The summed E-state index contributed by atoms with van der Waals surface area (Å²) in [6.45, 7) is -0.505. The van der Waals surface area contributed by atoms with E-state index >= 15 is 0 Å². The summed E-state index contributed by atoms with van der Waals surface area (Å²) in [7, 11) is 0. The summed E-state index contributed by atoms with van der Waals surface area (Å²) in [5.41, 5.74) is 6.49. The lowest BCUT2D eigenvalue weighted by Gasteiger charge is -1.96. The van der Waals surface area contributed by atoms with Gasteiger partial charge in [-0.15, -0.1) is 0 Å². The van der Waals surface area contributed by atoms with Crippen LogP contribution in [0.2, 0.25) is 0 Å². The number of carboxylic acid groups (broad SMARTS) is 1. The number of aliphatic hydroxyl groups is 1. The number of nitrogens with one attached hydrogen (secondary N) is 1. The Labute approximate surface area is 90.1 Å². The summed E-state index contributed by atoms with van der Waals surface area (Å²) in [6.07, 6.45) is 4.85. The van der Waals surface area contributed by atoms with Crippen LogP contribution < -0.4 is 5.73 Å². The largest absolute Gasteiger partial charge is 0.480 e. The summed E-state index contributed by atoms with van der Waals surface area (Å²) >= 11 is 0. The molecule has 0 unspecified atom stereocenters. The normalized spacial score (nSPS) is 11.6. The van der Waals surface area contributed by atoms with Gasteiger partial charge >= 0.3 is 5.97 Å². The molecule has 86 valence electrons. The minimum absolute atomic E-state index is 0.505. The quantitative estimate of drug-likeness (QED) is 0.500. The number of hydrogen-bond acceptors (Lipinski definition) is 6. The molecule has 2 aromatic heterocycles. The number of nitrogens with zero attached hydrogens (tertiary/aromatic N) is 3. The van der Waals surface area contributed by atoms with E-state index in [4.69, 9.17) is 15.9 Å². The molecule has 0 fully saturated rings. The fourth-order valence-electron chi connectivity index (χ4n) is 0.769. The van der Waals surface area contributed by atoms with Crippen molar-refractivity contribution in [2.45, 2.75) is 6.04 Å². The van der Waals surface area contributed by atoms with Gasteiger partial charge in [-0.1, -0.05) is 0 Å². The molecular formula is C8H11N5O3. The van der Waals surface area contributed by atoms with Crippen LogP contribution in [-0.2, 0) is 4.79 Å². The van der Waals surface area contributed by atoms with E-state index in [9.17, 15) is 4.79 Å². The molecule has 0 aliphatic carbocycles. The van der Waals surface area contributed by atoms with E-state index in [1.807, 2.05) is 0 Å². The highest BCUT2D eigenvalue weighted by atomic mass is 16.4. The Morgan fingerprint density at radius 2 is 2.31 bits per heavy atom. The summed E-state index contributed by atoms with van der Waals surface area (Å²) in [5, 5.41) is 22.4. The van der Waals surface area contributed by atoms with Crippen LogP contribution in [-0.4, -0.2) is 49.0 Å². The van der Waals surface area contributed by atoms with Crippen LogP contribution in [0, 0.1) is 0 Å². The Bertz CT molecular complexity index is 427. The van der Waals surface area contributed by atoms with E-state index in [1.54, 1.807) is 12.4 Å². The van der Waals surface area contributed by atoms with Gasteiger partial charge in [-0.25, -0.2) is 9.97 Å². The lowest BCUT2D eigenvalue weighted by molar-refractivity contribution is -0.139. The zero-order valence-electron chi connectivity index (χ0n) is 8.24. The van der Waals surface area contributed by atoms with Crippen molar-refractivity contribution in [3.8, 4) is 0 Å². The summed E-state index contributed by atoms with van der Waals surface area (Å²) in [6, 6.07) is -1.13. The van der Waals surface area contributed by atoms with Gasteiger partial charge in [0.1, 0.15) is 23.4 Å². The zero-order chi connectivity index (χ0) is 12.0. The van der Waals surface area contributed by atoms with Gasteiger partial charge in [0.15, 0.2) is 0 Å². The number of aliphatic hydroxyl groups excluding tert-OH is 1. The first kappa shape index (κ1) is 12.0. The second kappa shape index (κ2) is 5.73. The van der Waals surface area contributed by atoms with E-state index in [1.165, 1.54) is 6.33 Å². The van der Waals surface area contributed by atoms with E-state index in [2.05, 4.69) is 20.2 Å². The molecule has 0 aromatic carbocycles. The summed E-state index contributed by atoms with van der Waals surface area (Å²) in [4.78, 5) is 17.4. The van der Waals surface area contributed by atoms with Crippen molar-refractivity contribution in [2.75, 3.05) is 6.61 Å². The summed E-state index contributed by atoms with van der Waals surface area (Å²) in [5.74, 6) is -1.18. The topological polar surface area (TPSA) is 138 Å². The molecule has 5 N–H and O–H groups in total. The first-order valence-electron chi connectivity index (χ1n) is 4.33. The standard InChI is InChI=1S/C5H4N4.C3H7NO3/c1-5-4(2-8-9-5)7-3-6-1;4-2(1-5)3(6)7/h1-3H,(H,8,9);2,5H,1,4H2,(H,6,7)/t;2-/m.0/s1. The fourth-order valence-corrected chi connectivity index (χ4v) is 0.769. The van der Waals surface area contributed by atoms with Crippen LogP contribution in [0.15, 0.2) is 18.7 Å². The predicted molar refractivity (Wildman–Crippen MR) is 54.4 cm³/mol. The molecule has 1 atom stereocenters. The molecule has 0 aliphatic rings. The van der Waals surface area contributed by atoms with E-state index < -0.39 is 18.6 Å². The van der Waals surface area contributed by atoms with Crippen LogP contribution in [0.4, 0.5) is 0 Å². The van der Waals surface area contributed by atoms with Gasteiger partial charge in [-0.3, -0.25) is 9.89 Å². The fraction of sp³-hybridized carbons (Fsp3) is 0.250. The van der Waals surface area contributed by atoms with Gasteiger partial charge in [0.25, 0.3) is 0 Å². The molecular weight excluding hydrogens is 214 g/mol. The van der Waals surface area contributed by atoms with Crippen molar-refractivity contribution in [2.24, 2.45) is 5.73 Å². The second-order valence-electron chi connectivity index (χ2n) is 2.82. The number of aliphatic carboxylic acids is 1. The first-order chi connectivity index (χ1) is 7.65. The molecule has 0 bridgehead atoms. The molecule has 2 rings (SSSR count). The summed E-state index contributed by atoms with van der Waals surface area (Å²) < 4.78 is 0. The molecule has 16 heavy (non-hydrogen) atoms. The van der Waals surface area contributed by atoms with Crippen LogP contribution in [0.3, 0.4) is 0 Å². The van der Waals surface area contributed by atoms with Crippen LogP contribution >= 0.6 is 0 Å². The van der Waals surface area contributed by atoms with E-state index in [-0.39, 0.29) is 0 Å². The molecule has 8 heteroatoms. The van der Waals surface area contributed by atoms with Gasteiger partial charge < -0.3 is 15.9 Å². The Hall–Kier alpha value is -2.06. The highest BCUT2D eigenvalue weighted by Gasteiger charge is 2.06. The van der Waals surface area contributed by atoms with Gasteiger partial charge in [0.05, 0.1) is 19.0 Å². The number of aromatic amines is 1. The molecule has 0 aliphatic heterocycles. The molecule has 2 aromatic rings. The highest BCUT2D eigenvalue weighted by molar-refractivity contribution is 5.73. The Morgan fingerprint density at radius 3 is 2.81 bits per heavy atom. The van der Waals surface area contributed by atoms with Crippen molar-refractivity contribution < 1.29 is 15.0 Å². The second-order valence-corrected chi connectivity index (χ2v) is 2.82. The Kier molecular flexibility index (Phi) is 4.30. The van der Waals surface area contributed by atoms with Crippen molar-refractivity contribution in [1.29, 1.82) is 0 Å². The molecule has 0 saturated carbocycles. The van der Waals surface area contributed by atoms with Crippen LogP contribution in [0.25, 0.3) is 11.0 Å². The third-order valence-corrected chi connectivity index (χ3v) is 1.63. The first-order valence-corrected chi connectivity index (χ1v) is 4.33. The monoisotopic (exact) mass is 225 g/mol. The van der Waals surface area contributed by atoms with Crippen LogP contribution in [0.5, 0.6) is 0 Å². The average molecular weight is 225 g/mol. The number of hydrogen-bond donors (Lipinski definition) is 4. The van der Waals surface area contributed by atoms with Crippen LogP contribution in [0.1, 0.15) is 0 Å². The smallest absolute Gasteiger partial charge is 0.322 e. The van der Waals surface area contributed by atoms with Crippen molar-refractivity contribution in [1.82, 2.24) is 20.2 Å². The minimum atomic E-state index is -1.18. The lowest BCUT2D eigenvalue weighted by Crippen LogP contribution is -2.33. The number of fused-ring (bicyclic) bond motifs is 1. The number of nitrogens with two attached hydrogens (primary N) is 1. The molecule has 0 amide bonds. The number of carboxylic acids is 1. The van der Waals surface area contributed by atoms with E-state index in [0.717, 1.165) is 11.0 Å². The van der Waals surface area contributed by atoms with Gasteiger partial charge in [-0.2, -0.15) is 5.10 Å². The molecule has 0 spiro atoms. The molecule has 2 heterocycles. The number of carbonyl (C=O) groups is 1. The van der Waals surface area contributed by atoms with Crippen molar-refractivity contribution >= 4 is 17.0 Å². The van der Waals surface area contributed by atoms with Crippen molar-refractivity contribution in [3.63, 3.8) is 0 Å². The maximum atomic E-state index is 9.65. The average Bonchev–Trinajstić information content (AvgIpc) is 2.76. The Morgan fingerprint density at radius 1 is 1.56 bits per heavy atom. The Balaban J connectivity index is 0.000000168. The number of aromatic nitrogens is 4. The third kappa shape index (κ3) is 3.26. The zero-order valence-corrected chi connectivity index (χ0v) is 8.24. The molecule has 8 nitrogen and oxygen atoms in total. The minimum Gasteiger partial charge on any atom is -0.480 e. The maximum absolute atomic E-state index is 9.65. The van der Waals surface area contributed by atoms with Gasteiger partial charge in [0.2, 0.25) is 0 Å². The number of rotatable bonds is 2. The molecule has 0 radical (unpaired) electrons. The predicted octanol–water partition coefficient (Wildman–Crippen LogP) is -1.26. The van der Waals surface area contributed by atoms with Gasteiger partial charge in [-0.05, 0) is 0 Å². The third-order valence-electron chi connectivity index (χ3n) is 1.63. The van der Waals surface area contributed by atoms with Gasteiger partial charge in [0, 0.05) is 0 Å². The maximum Gasteiger partial charge on any atom is 0.322 e. The van der Waals surface area contributed by atoms with Crippen molar-refractivity contribution in [3.05, 3.63) is 18.7 Å². The highest BCUT2D eigenvalue weighted by Crippen LogP contribution is 2.00. The van der Waals surface area contributed by atoms with E-state index in [0.29, 0.717) is 0 Å². The molecule has 0 saturated heterocycles. The SMILES string of the molecule is N[C@@H](CO)C(=O)O.c1ncc2[nH]ncc2n1. The lowest BCUT2D eigenvalue weighted by atomic mass is 10.3.